The maximum Gasteiger partial charge on any atom is 0.512 e. The first-order valence-corrected chi connectivity index (χ1v) is 5.19. The minimum Gasteiger partial charge on any atom is -0.403 e. The van der Waals surface area contributed by atoms with E-state index in [0.29, 0.717) is 0 Å². The van der Waals surface area contributed by atoms with Crippen LogP contribution in [-0.4, -0.2) is 34.3 Å². The van der Waals surface area contributed by atoms with E-state index in [9.17, 15) is 4.79 Å². The molecule has 0 aromatic rings. The molecular formula is C8H8Cl2O5. The number of carbonyl (C=O) groups excluding carboxylic acids is 1. The topological polar surface area (TPSA) is 54.0 Å². The normalized spacial score (nSPS) is 55.1. The summed E-state index contributed by atoms with van der Waals surface area (Å²) in [5, 5.41) is -2.96. The number of hydrogen-bond donors (Lipinski definition) is 0. The van der Waals surface area contributed by atoms with Crippen LogP contribution in [-0.2, 0) is 18.9 Å². The molecule has 84 valence electrons. The summed E-state index contributed by atoms with van der Waals surface area (Å²) in [6.07, 6.45) is -2.10. The van der Waals surface area contributed by atoms with E-state index in [4.69, 9.17) is 42.1 Å². The Balaban J connectivity index is 1.98. The van der Waals surface area contributed by atoms with Crippen molar-refractivity contribution in [3.63, 3.8) is 0 Å². The smallest absolute Gasteiger partial charge is 0.403 e. The molecule has 0 N–H and O–H groups in total. The predicted octanol–water partition coefficient (Wildman–Crippen LogP) is 1.56. The summed E-state index contributed by atoms with van der Waals surface area (Å²) in [6.45, 7) is 3.45. The Labute approximate surface area is 95.5 Å². The monoisotopic (exact) mass is 254 g/mol. The summed E-state index contributed by atoms with van der Waals surface area (Å²) in [6, 6.07) is 0. The molecule has 0 spiro atoms. The van der Waals surface area contributed by atoms with Crippen LogP contribution >= 0.6 is 23.2 Å². The summed E-state index contributed by atoms with van der Waals surface area (Å²) >= 11 is 12.1. The SMILES string of the molecule is CC1(C)O[C@@H]2[C@H](O1)[C@]1(Cl)OC(=O)O[C@]21Cl. The second-order valence-electron chi connectivity index (χ2n) is 4.22. The van der Waals surface area contributed by atoms with Crippen molar-refractivity contribution in [3.05, 3.63) is 0 Å². The molecule has 2 saturated heterocycles. The third kappa shape index (κ3) is 0.952. The molecule has 3 rings (SSSR count). The average Bonchev–Trinajstić information content (AvgIpc) is 2.49. The van der Waals surface area contributed by atoms with Crippen LogP contribution in [0.1, 0.15) is 13.8 Å². The summed E-state index contributed by atoms with van der Waals surface area (Å²) in [5.41, 5.74) is 0. The van der Waals surface area contributed by atoms with Gasteiger partial charge in [0.05, 0.1) is 0 Å². The Morgan fingerprint density at radius 3 is 1.87 bits per heavy atom. The van der Waals surface area contributed by atoms with Crippen molar-refractivity contribution >= 4 is 29.4 Å². The zero-order chi connectivity index (χ0) is 11.1. The van der Waals surface area contributed by atoms with Crippen LogP contribution < -0.4 is 0 Å². The van der Waals surface area contributed by atoms with E-state index >= 15 is 0 Å². The lowest BCUT2D eigenvalue weighted by Crippen LogP contribution is -2.73. The van der Waals surface area contributed by atoms with E-state index < -0.39 is 34.3 Å². The Hall–Kier alpha value is -0.230. The van der Waals surface area contributed by atoms with Crippen molar-refractivity contribution < 1.29 is 23.7 Å². The summed E-state index contributed by atoms with van der Waals surface area (Å²) < 4.78 is 20.6. The van der Waals surface area contributed by atoms with Gasteiger partial charge in [-0.3, -0.25) is 0 Å². The van der Waals surface area contributed by atoms with Gasteiger partial charge in [0.2, 0.25) is 0 Å². The molecule has 0 aromatic heterocycles. The Kier molecular flexibility index (Phi) is 1.57. The highest BCUT2D eigenvalue weighted by Crippen LogP contribution is 2.64. The molecule has 0 radical (unpaired) electrons. The van der Waals surface area contributed by atoms with E-state index in [2.05, 4.69) is 0 Å². The molecule has 3 fully saturated rings. The molecule has 0 unspecified atom stereocenters. The molecule has 0 bridgehead atoms. The lowest BCUT2D eigenvalue weighted by Gasteiger charge is -2.48. The van der Waals surface area contributed by atoms with Crippen LogP contribution in [0.5, 0.6) is 0 Å². The quantitative estimate of drug-likeness (QED) is 0.485. The Bertz CT molecular complexity index is 329. The van der Waals surface area contributed by atoms with Gasteiger partial charge in [-0.25, -0.2) is 4.79 Å². The van der Waals surface area contributed by atoms with E-state index in [0.717, 1.165) is 0 Å². The van der Waals surface area contributed by atoms with Gasteiger partial charge in [0.25, 0.3) is 10.1 Å². The minimum absolute atomic E-state index is 0.599. The van der Waals surface area contributed by atoms with Gasteiger partial charge in [-0.05, 0) is 13.8 Å². The number of rotatable bonds is 0. The van der Waals surface area contributed by atoms with Gasteiger partial charge in [-0.1, -0.05) is 23.2 Å². The third-order valence-electron chi connectivity index (χ3n) is 2.76. The van der Waals surface area contributed by atoms with Crippen molar-refractivity contribution in [2.45, 2.75) is 42.0 Å². The van der Waals surface area contributed by atoms with Gasteiger partial charge < -0.3 is 18.9 Å². The van der Waals surface area contributed by atoms with E-state index in [-0.39, 0.29) is 0 Å². The third-order valence-corrected chi connectivity index (χ3v) is 4.00. The van der Waals surface area contributed by atoms with Gasteiger partial charge in [0.15, 0.2) is 18.0 Å². The molecule has 15 heavy (non-hydrogen) atoms. The highest BCUT2D eigenvalue weighted by Gasteiger charge is 2.86. The molecule has 5 nitrogen and oxygen atoms in total. The molecular weight excluding hydrogens is 247 g/mol. The summed E-state index contributed by atoms with van der Waals surface area (Å²) in [4.78, 5) is 11.0. The molecule has 1 saturated carbocycles. The summed E-state index contributed by atoms with van der Waals surface area (Å²) in [7, 11) is 0. The largest absolute Gasteiger partial charge is 0.512 e. The molecule has 7 heteroatoms. The van der Waals surface area contributed by atoms with Crippen LogP contribution in [0, 0.1) is 0 Å². The zero-order valence-corrected chi connectivity index (χ0v) is 9.46. The maximum atomic E-state index is 11.0. The fourth-order valence-corrected chi connectivity index (χ4v) is 2.85. The fraction of sp³-hybridized carbons (Fsp3) is 0.875. The Morgan fingerprint density at radius 1 is 1.07 bits per heavy atom. The van der Waals surface area contributed by atoms with Crippen molar-refractivity contribution in [2.24, 2.45) is 0 Å². The highest BCUT2D eigenvalue weighted by molar-refractivity contribution is 6.37. The van der Waals surface area contributed by atoms with E-state index in [1.165, 1.54) is 0 Å². The number of alkyl halides is 2. The van der Waals surface area contributed by atoms with Crippen LogP contribution in [0.3, 0.4) is 0 Å². The minimum atomic E-state index is -1.48. The average molecular weight is 255 g/mol. The second-order valence-corrected chi connectivity index (χ2v) is 5.34. The summed E-state index contributed by atoms with van der Waals surface area (Å²) in [5.74, 6) is -0.806. The fourth-order valence-electron chi connectivity index (χ4n) is 2.11. The van der Waals surface area contributed by atoms with Gasteiger partial charge in [-0.15, -0.1) is 0 Å². The van der Waals surface area contributed by atoms with Crippen LogP contribution in [0.15, 0.2) is 0 Å². The molecule has 2 heterocycles. The van der Waals surface area contributed by atoms with Crippen molar-refractivity contribution in [1.82, 2.24) is 0 Å². The molecule has 2 aliphatic heterocycles. The molecule has 0 amide bonds. The first-order valence-electron chi connectivity index (χ1n) is 4.44. The van der Waals surface area contributed by atoms with Crippen molar-refractivity contribution in [1.29, 1.82) is 0 Å². The van der Waals surface area contributed by atoms with Gasteiger partial charge >= 0.3 is 6.16 Å². The highest BCUT2D eigenvalue weighted by atomic mass is 35.5. The zero-order valence-electron chi connectivity index (χ0n) is 7.95. The predicted molar refractivity (Wildman–Crippen MR) is 48.6 cm³/mol. The van der Waals surface area contributed by atoms with E-state index in [1.807, 2.05) is 0 Å². The Morgan fingerprint density at radius 2 is 1.47 bits per heavy atom. The number of halogens is 2. The van der Waals surface area contributed by atoms with Crippen molar-refractivity contribution in [3.8, 4) is 0 Å². The lowest BCUT2D eigenvalue weighted by atomic mass is 9.83. The number of carbonyl (C=O) groups is 1. The second kappa shape index (κ2) is 2.37. The molecule has 3 aliphatic rings. The first-order chi connectivity index (χ1) is 6.79. The van der Waals surface area contributed by atoms with Crippen molar-refractivity contribution in [2.75, 3.05) is 0 Å². The first kappa shape index (κ1) is 9.96. The molecule has 0 aromatic carbocycles. The number of fused-ring (bicyclic) bond motifs is 4. The lowest BCUT2D eigenvalue weighted by molar-refractivity contribution is -0.158. The number of hydrogen-bond acceptors (Lipinski definition) is 5. The van der Waals surface area contributed by atoms with Crippen LogP contribution in [0.25, 0.3) is 0 Å². The van der Waals surface area contributed by atoms with Crippen LogP contribution in [0.4, 0.5) is 4.79 Å². The maximum absolute atomic E-state index is 11.0. The number of ether oxygens (including phenoxy) is 4. The standard InChI is InChI=1S/C8H8Cl2O5/c1-6(2)12-3-4(13-6)8(10)7(3,9)14-5(11)15-8/h3-4H,1-2H3/t3-,4+,7-,8+. The van der Waals surface area contributed by atoms with Gasteiger partial charge in [0, 0.05) is 0 Å². The van der Waals surface area contributed by atoms with Gasteiger partial charge in [0.1, 0.15) is 0 Å². The van der Waals surface area contributed by atoms with E-state index in [1.54, 1.807) is 13.8 Å². The van der Waals surface area contributed by atoms with Crippen LogP contribution in [0.2, 0.25) is 0 Å². The molecule has 4 atom stereocenters. The van der Waals surface area contributed by atoms with Gasteiger partial charge in [-0.2, -0.15) is 0 Å². The molecule has 1 aliphatic carbocycles.